The summed E-state index contributed by atoms with van der Waals surface area (Å²) in [4.78, 5) is 24.1. The van der Waals surface area contributed by atoms with Crippen molar-refractivity contribution < 1.29 is 14.7 Å². The summed E-state index contributed by atoms with van der Waals surface area (Å²) in [6.45, 7) is 0.639. The Balaban J connectivity index is 2.27. The van der Waals surface area contributed by atoms with Crippen LogP contribution >= 0.6 is 0 Å². The van der Waals surface area contributed by atoms with Crippen molar-refractivity contribution in [3.05, 3.63) is 42.0 Å². The van der Waals surface area contributed by atoms with Crippen LogP contribution in [0.25, 0.3) is 0 Å². The van der Waals surface area contributed by atoms with E-state index in [0.717, 1.165) is 42.7 Å². The molecule has 0 unspecified atom stereocenters. The standard InChI is InChI=1S/C14H15NO3/c16-13(8-9-14(17)18)15-10-4-3-6-11-5-1-2-7-12(11)15/h1-2,5,7-9H,3-4,6,10H2,(H,17,18). The lowest BCUT2D eigenvalue weighted by atomic mass is 10.1. The van der Waals surface area contributed by atoms with Gasteiger partial charge >= 0.3 is 5.97 Å². The molecule has 0 spiro atoms. The van der Waals surface area contributed by atoms with Gasteiger partial charge in [0.15, 0.2) is 0 Å². The molecule has 0 atom stereocenters. The highest BCUT2D eigenvalue weighted by Crippen LogP contribution is 2.26. The molecular weight excluding hydrogens is 230 g/mol. The Morgan fingerprint density at radius 1 is 1.17 bits per heavy atom. The summed E-state index contributed by atoms with van der Waals surface area (Å²) in [7, 11) is 0. The van der Waals surface area contributed by atoms with Crippen molar-refractivity contribution in [2.75, 3.05) is 11.4 Å². The zero-order chi connectivity index (χ0) is 13.0. The summed E-state index contributed by atoms with van der Waals surface area (Å²) in [5, 5.41) is 8.55. The quantitative estimate of drug-likeness (QED) is 0.811. The molecule has 1 N–H and O–H groups in total. The van der Waals surface area contributed by atoms with Crippen LogP contribution in [0.5, 0.6) is 0 Å². The van der Waals surface area contributed by atoms with Gasteiger partial charge in [-0.3, -0.25) is 4.79 Å². The van der Waals surface area contributed by atoms with E-state index in [1.165, 1.54) is 0 Å². The molecule has 0 aliphatic carbocycles. The number of rotatable bonds is 2. The van der Waals surface area contributed by atoms with Crippen LogP contribution in [-0.4, -0.2) is 23.5 Å². The van der Waals surface area contributed by atoms with Crippen molar-refractivity contribution in [2.45, 2.75) is 19.3 Å². The summed E-state index contributed by atoms with van der Waals surface area (Å²) >= 11 is 0. The van der Waals surface area contributed by atoms with Gasteiger partial charge in [-0.15, -0.1) is 0 Å². The Hall–Kier alpha value is -2.10. The first-order chi connectivity index (χ1) is 8.68. The highest BCUT2D eigenvalue weighted by Gasteiger charge is 2.18. The SMILES string of the molecule is O=C(O)C=CC(=O)N1CCCCc2ccccc21. The van der Waals surface area contributed by atoms with Gasteiger partial charge in [0.25, 0.3) is 5.91 Å². The van der Waals surface area contributed by atoms with Gasteiger partial charge in [0.1, 0.15) is 0 Å². The molecule has 1 aromatic rings. The molecule has 0 aromatic heterocycles. The Bertz CT molecular complexity index is 494. The van der Waals surface area contributed by atoms with Gasteiger partial charge in [0, 0.05) is 24.4 Å². The van der Waals surface area contributed by atoms with E-state index in [2.05, 4.69) is 0 Å². The highest BCUT2D eigenvalue weighted by atomic mass is 16.4. The minimum atomic E-state index is -1.11. The van der Waals surface area contributed by atoms with Gasteiger partial charge in [0.05, 0.1) is 0 Å². The molecule has 2 rings (SSSR count). The summed E-state index contributed by atoms with van der Waals surface area (Å²) in [5.74, 6) is -1.38. The first kappa shape index (κ1) is 12.4. The second kappa shape index (κ2) is 5.49. The van der Waals surface area contributed by atoms with E-state index in [0.29, 0.717) is 6.54 Å². The minimum absolute atomic E-state index is 0.272. The molecule has 1 aromatic carbocycles. The van der Waals surface area contributed by atoms with Crippen LogP contribution < -0.4 is 4.90 Å². The van der Waals surface area contributed by atoms with Crippen molar-refractivity contribution in [2.24, 2.45) is 0 Å². The van der Waals surface area contributed by atoms with Gasteiger partial charge in [-0.1, -0.05) is 18.2 Å². The number of carbonyl (C=O) groups excluding carboxylic acids is 1. The maximum atomic E-state index is 12.0. The smallest absolute Gasteiger partial charge is 0.328 e. The fourth-order valence-corrected chi connectivity index (χ4v) is 2.15. The third-order valence-corrected chi connectivity index (χ3v) is 2.99. The molecule has 18 heavy (non-hydrogen) atoms. The number of hydrogen-bond donors (Lipinski definition) is 1. The molecule has 94 valence electrons. The second-order valence-electron chi connectivity index (χ2n) is 4.25. The number of anilines is 1. The molecule has 0 fully saturated rings. The molecule has 4 heteroatoms. The van der Waals surface area contributed by atoms with Crippen LogP contribution in [0.15, 0.2) is 36.4 Å². The highest BCUT2D eigenvalue weighted by molar-refractivity contribution is 6.04. The predicted molar refractivity (Wildman–Crippen MR) is 68.5 cm³/mol. The van der Waals surface area contributed by atoms with Crippen LogP contribution in [0, 0.1) is 0 Å². The maximum absolute atomic E-state index is 12.0. The number of para-hydroxylation sites is 1. The third-order valence-electron chi connectivity index (χ3n) is 2.99. The number of nitrogens with zero attached hydrogens (tertiary/aromatic N) is 1. The Labute approximate surface area is 106 Å². The number of carboxylic acids is 1. The van der Waals surface area contributed by atoms with Crippen molar-refractivity contribution in [3.63, 3.8) is 0 Å². The van der Waals surface area contributed by atoms with E-state index in [1.54, 1.807) is 4.90 Å². The second-order valence-corrected chi connectivity index (χ2v) is 4.25. The number of hydrogen-bond acceptors (Lipinski definition) is 2. The Morgan fingerprint density at radius 2 is 1.94 bits per heavy atom. The Kier molecular flexibility index (Phi) is 3.77. The van der Waals surface area contributed by atoms with Gasteiger partial charge < -0.3 is 10.0 Å². The number of carboxylic acid groups (broad SMARTS) is 1. The van der Waals surface area contributed by atoms with Crippen LogP contribution in [0.3, 0.4) is 0 Å². The lowest BCUT2D eigenvalue weighted by Gasteiger charge is -2.21. The minimum Gasteiger partial charge on any atom is -0.478 e. The number of aliphatic carboxylic acids is 1. The molecular formula is C14H15NO3. The van der Waals surface area contributed by atoms with E-state index >= 15 is 0 Å². The number of aryl methyl sites for hydroxylation is 1. The summed E-state index contributed by atoms with van der Waals surface area (Å²) in [5.41, 5.74) is 2.04. The third kappa shape index (κ3) is 2.77. The lowest BCUT2D eigenvalue weighted by molar-refractivity contribution is -0.131. The van der Waals surface area contributed by atoms with E-state index in [-0.39, 0.29) is 5.91 Å². The van der Waals surface area contributed by atoms with Crippen molar-refractivity contribution in [3.8, 4) is 0 Å². The van der Waals surface area contributed by atoms with Gasteiger partial charge in [-0.2, -0.15) is 0 Å². The molecule has 1 aliphatic rings. The number of amides is 1. The van der Waals surface area contributed by atoms with Crippen LogP contribution in [-0.2, 0) is 16.0 Å². The van der Waals surface area contributed by atoms with E-state index in [4.69, 9.17) is 5.11 Å². The molecule has 0 saturated carbocycles. The van der Waals surface area contributed by atoms with Crippen molar-refractivity contribution >= 4 is 17.6 Å². The number of benzene rings is 1. The largest absolute Gasteiger partial charge is 0.478 e. The lowest BCUT2D eigenvalue weighted by Crippen LogP contribution is -2.30. The van der Waals surface area contributed by atoms with E-state index < -0.39 is 5.97 Å². The molecule has 0 bridgehead atoms. The van der Waals surface area contributed by atoms with Crippen LogP contribution in [0.1, 0.15) is 18.4 Å². The molecule has 1 aliphatic heterocycles. The number of fused-ring (bicyclic) bond motifs is 1. The zero-order valence-corrected chi connectivity index (χ0v) is 10.0. The Morgan fingerprint density at radius 3 is 2.72 bits per heavy atom. The molecule has 4 nitrogen and oxygen atoms in total. The first-order valence-corrected chi connectivity index (χ1v) is 5.99. The fourth-order valence-electron chi connectivity index (χ4n) is 2.15. The molecule has 1 heterocycles. The average Bonchev–Trinajstić information content (AvgIpc) is 2.58. The summed E-state index contributed by atoms with van der Waals surface area (Å²) < 4.78 is 0. The van der Waals surface area contributed by atoms with Crippen LogP contribution in [0.4, 0.5) is 5.69 Å². The molecule has 0 radical (unpaired) electrons. The van der Waals surface area contributed by atoms with Gasteiger partial charge in [-0.25, -0.2) is 4.79 Å². The van der Waals surface area contributed by atoms with Crippen molar-refractivity contribution in [1.29, 1.82) is 0 Å². The maximum Gasteiger partial charge on any atom is 0.328 e. The average molecular weight is 245 g/mol. The van der Waals surface area contributed by atoms with Crippen LogP contribution in [0.2, 0.25) is 0 Å². The van der Waals surface area contributed by atoms with E-state index in [1.807, 2.05) is 24.3 Å². The first-order valence-electron chi connectivity index (χ1n) is 5.99. The predicted octanol–water partition coefficient (Wildman–Crippen LogP) is 2.00. The summed E-state index contributed by atoms with van der Waals surface area (Å²) in [6, 6.07) is 7.78. The zero-order valence-electron chi connectivity index (χ0n) is 10.0. The van der Waals surface area contributed by atoms with Crippen molar-refractivity contribution in [1.82, 2.24) is 0 Å². The number of carbonyl (C=O) groups is 2. The normalized spacial score (nSPS) is 15.2. The fraction of sp³-hybridized carbons (Fsp3) is 0.286. The molecule has 1 amide bonds. The van der Waals surface area contributed by atoms with Gasteiger partial charge in [0.2, 0.25) is 0 Å². The monoisotopic (exact) mass is 245 g/mol. The van der Waals surface area contributed by atoms with E-state index in [9.17, 15) is 9.59 Å². The topological polar surface area (TPSA) is 57.6 Å². The van der Waals surface area contributed by atoms with Gasteiger partial charge in [-0.05, 0) is 30.9 Å². The summed E-state index contributed by atoms with van der Waals surface area (Å²) in [6.07, 6.45) is 4.94. The molecule has 0 saturated heterocycles.